The number of methoxy groups -OCH3 is 1. The fourth-order valence-electron chi connectivity index (χ4n) is 3.10. The van der Waals surface area contributed by atoms with Crippen LogP contribution in [0.5, 0.6) is 0 Å². The predicted octanol–water partition coefficient (Wildman–Crippen LogP) is -2.28. The van der Waals surface area contributed by atoms with Gasteiger partial charge in [0.1, 0.15) is 28.4 Å². The highest BCUT2D eigenvalue weighted by molar-refractivity contribution is 6.11. The first kappa shape index (κ1) is 17.6. The third-order valence-corrected chi connectivity index (χ3v) is 3.84. The summed E-state index contributed by atoms with van der Waals surface area (Å²) in [7, 11) is 7.66. The summed E-state index contributed by atoms with van der Waals surface area (Å²) >= 11 is 0. The van der Waals surface area contributed by atoms with Gasteiger partial charge in [0.2, 0.25) is 0 Å². The van der Waals surface area contributed by atoms with E-state index < -0.39 is 0 Å². The van der Waals surface area contributed by atoms with Gasteiger partial charge in [-0.15, -0.1) is 0 Å². The largest absolute Gasteiger partial charge is 0.447 e. The second kappa shape index (κ2) is 8.19. The van der Waals surface area contributed by atoms with Gasteiger partial charge in [0.25, 0.3) is 0 Å². The molecule has 2 saturated heterocycles. The third-order valence-electron chi connectivity index (χ3n) is 3.84. The van der Waals surface area contributed by atoms with Gasteiger partial charge < -0.3 is 28.7 Å². The van der Waals surface area contributed by atoms with Crippen LogP contribution in [0.2, 0.25) is 0 Å². The minimum absolute atomic E-state index is 0.0152. The molecule has 4 atom stereocenters. The summed E-state index contributed by atoms with van der Waals surface area (Å²) in [6, 6.07) is 0.149. The maximum absolute atomic E-state index is 12.2. The molecule has 22 heavy (non-hydrogen) atoms. The van der Waals surface area contributed by atoms with Crippen molar-refractivity contribution in [2.45, 2.75) is 24.2 Å². The van der Waals surface area contributed by atoms with Crippen molar-refractivity contribution < 1.29 is 23.7 Å². The fourth-order valence-corrected chi connectivity index (χ4v) is 3.10. The van der Waals surface area contributed by atoms with Crippen molar-refractivity contribution in [3.05, 3.63) is 0 Å². The molecule has 2 unspecified atom stereocenters. The Balaban J connectivity index is 1.78. The number of hydrogen-bond donors (Lipinski definition) is 0. The lowest BCUT2D eigenvalue weighted by Gasteiger charge is -2.37. The Hall–Kier alpha value is -0.760. The lowest BCUT2D eigenvalue weighted by Crippen LogP contribution is -2.52. The van der Waals surface area contributed by atoms with Gasteiger partial charge in [0, 0.05) is 38.8 Å². The zero-order valence-electron chi connectivity index (χ0n) is 14.0. The Morgan fingerprint density at radius 3 is 2.36 bits per heavy atom. The normalized spacial score (nSPS) is 33.6. The molecule has 0 aliphatic carbocycles. The second-order valence-corrected chi connectivity index (χ2v) is 6.30. The average molecular weight is 312 g/mol. The minimum atomic E-state index is -0.305. The van der Waals surface area contributed by atoms with E-state index in [1.165, 1.54) is 0 Å². The lowest BCUT2D eigenvalue weighted by molar-refractivity contribution is -0.0876. The van der Waals surface area contributed by atoms with Crippen molar-refractivity contribution in [2.75, 3.05) is 53.6 Å². The molecule has 2 heterocycles. The average Bonchev–Trinajstić information content (AvgIpc) is 2.43. The van der Waals surface area contributed by atoms with E-state index in [2.05, 4.69) is 4.90 Å². The van der Waals surface area contributed by atoms with E-state index in [1.54, 1.807) is 12.0 Å². The van der Waals surface area contributed by atoms with Crippen molar-refractivity contribution in [3.63, 3.8) is 0 Å². The monoisotopic (exact) mass is 312 g/mol. The van der Waals surface area contributed by atoms with E-state index in [-0.39, 0.29) is 36.9 Å². The summed E-state index contributed by atoms with van der Waals surface area (Å²) in [5, 5.41) is 0. The molecule has 9 heteroatoms. The van der Waals surface area contributed by atoms with Crippen LogP contribution in [0.1, 0.15) is 0 Å². The molecule has 0 saturated carbocycles. The van der Waals surface area contributed by atoms with Gasteiger partial charge in [-0.2, -0.15) is 0 Å². The van der Waals surface area contributed by atoms with E-state index in [0.29, 0.717) is 19.7 Å². The first-order chi connectivity index (χ1) is 10.5. The predicted molar refractivity (Wildman–Crippen MR) is 86.7 cm³/mol. The van der Waals surface area contributed by atoms with Crippen molar-refractivity contribution in [1.29, 1.82) is 0 Å². The Morgan fingerprint density at radius 2 is 1.73 bits per heavy atom. The molecule has 7 nitrogen and oxygen atoms in total. The number of amides is 1. The zero-order valence-corrected chi connectivity index (χ0v) is 14.0. The smallest absolute Gasteiger partial charge is 0.410 e. The molecule has 2 aliphatic rings. The number of hydrogen-bond acceptors (Lipinski definition) is 6. The molecule has 0 aromatic heterocycles. The van der Waals surface area contributed by atoms with E-state index in [1.807, 2.05) is 22.7 Å². The fraction of sp³-hybridized carbons (Fsp3) is 0.923. The molecule has 0 bridgehead atoms. The first-order valence-corrected chi connectivity index (χ1v) is 7.88. The van der Waals surface area contributed by atoms with Crippen LogP contribution in [0, 0.1) is 0 Å². The van der Waals surface area contributed by atoms with Crippen molar-refractivity contribution in [3.8, 4) is 0 Å². The van der Waals surface area contributed by atoms with E-state index in [0.717, 1.165) is 13.1 Å². The first-order valence-electron chi connectivity index (χ1n) is 7.88. The third kappa shape index (κ3) is 5.15. The highest BCUT2D eigenvalue weighted by Gasteiger charge is 2.30. The van der Waals surface area contributed by atoms with Crippen LogP contribution in [0.3, 0.4) is 0 Å². The number of nitrogens with zero attached hydrogens (tertiary/aromatic N) is 2. The Kier molecular flexibility index (Phi) is 6.55. The van der Waals surface area contributed by atoms with Gasteiger partial charge in [-0.1, -0.05) is 0 Å². The van der Waals surface area contributed by atoms with E-state index >= 15 is 0 Å². The van der Waals surface area contributed by atoms with Gasteiger partial charge in [-0.05, 0) is 7.05 Å². The molecule has 0 radical (unpaired) electrons. The number of rotatable bonds is 4. The Labute approximate surface area is 134 Å². The molecule has 0 aromatic carbocycles. The number of morpholine rings is 2. The molecule has 2 aliphatic heterocycles. The van der Waals surface area contributed by atoms with Crippen LogP contribution in [0.15, 0.2) is 0 Å². The van der Waals surface area contributed by atoms with Crippen LogP contribution in [-0.2, 0) is 18.9 Å². The maximum atomic E-state index is 12.2. The van der Waals surface area contributed by atoms with Crippen LogP contribution < -0.4 is 0 Å². The van der Waals surface area contributed by atoms with E-state index in [4.69, 9.17) is 18.9 Å². The molecule has 1 amide bonds. The molecular weight excluding hydrogens is 286 g/mol. The summed E-state index contributed by atoms with van der Waals surface area (Å²) in [5.41, 5.74) is 0. The van der Waals surface area contributed by atoms with Crippen LogP contribution >= 0.6 is 0 Å². The van der Waals surface area contributed by atoms with Gasteiger partial charge in [0.15, 0.2) is 0 Å². The molecule has 124 valence electrons. The van der Waals surface area contributed by atoms with Crippen molar-refractivity contribution in [1.82, 2.24) is 9.80 Å². The number of ether oxygens (including phenoxy) is 4. The lowest BCUT2D eigenvalue weighted by atomic mass is 9.97. The Bertz CT molecular complexity index is 366. The van der Waals surface area contributed by atoms with Crippen molar-refractivity contribution in [2.24, 2.45) is 0 Å². The molecule has 0 aromatic rings. The van der Waals surface area contributed by atoms with Crippen molar-refractivity contribution >= 4 is 21.8 Å². The summed E-state index contributed by atoms with van der Waals surface area (Å²) in [6.07, 6.45) is -0.468. The van der Waals surface area contributed by atoms with Gasteiger partial charge >= 0.3 is 6.09 Å². The highest BCUT2D eigenvalue weighted by atomic mass is 16.6. The molecular formula is C13H26B2N2O5. The number of carbonyl (C=O) groups is 1. The zero-order chi connectivity index (χ0) is 16.1. The van der Waals surface area contributed by atoms with Gasteiger partial charge in [-0.25, -0.2) is 4.79 Å². The maximum Gasteiger partial charge on any atom is 0.410 e. The second-order valence-electron chi connectivity index (χ2n) is 6.30. The summed E-state index contributed by atoms with van der Waals surface area (Å²) in [5.74, 6) is 0. The van der Waals surface area contributed by atoms with Gasteiger partial charge in [0.05, 0.1) is 19.3 Å². The van der Waals surface area contributed by atoms with E-state index in [9.17, 15) is 4.79 Å². The summed E-state index contributed by atoms with van der Waals surface area (Å²) in [6.45, 7) is 3.49. The SMILES string of the molecule is B[C@H]1CN(C)CC(COC(=O)N2CC(COC)O[C@@H](B)C2)O1. The standard InChI is InChI=1S/C13H26B2N2O5/c1-16-3-9(21-11(14)5-16)8-20-13(18)17-4-10(7-19-2)22-12(15)6-17/h9-12H,3-8,14-15H2,1-2H3/t9?,10?,11-,12-/m1/s1. The van der Waals surface area contributed by atoms with Crippen LogP contribution in [0.25, 0.3) is 0 Å². The molecule has 2 rings (SSSR count). The number of carbonyl (C=O) groups excluding carboxylic acids is 1. The molecule has 0 N–H and O–H groups in total. The Morgan fingerprint density at radius 1 is 1.09 bits per heavy atom. The highest BCUT2D eigenvalue weighted by Crippen LogP contribution is 2.13. The van der Waals surface area contributed by atoms with Gasteiger partial charge in [-0.3, -0.25) is 0 Å². The summed E-state index contributed by atoms with van der Waals surface area (Å²) in [4.78, 5) is 16.1. The number of likely N-dealkylation sites (N-methyl/N-ethyl adjacent to an activating group) is 1. The summed E-state index contributed by atoms with van der Waals surface area (Å²) < 4.78 is 22.1. The van der Waals surface area contributed by atoms with Crippen LogP contribution in [0.4, 0.5) is 4.79 Å². The topological polar surface area (TPSA) is 60.5 Å². The minimum Gasteiger partial charge on any atom is -0.447 e. The quantitative estimate of drug-likeness (QED) is 0.545. The molecule has 0 spiro atoms. The molecule has 2 fully saturated rings. The van der Waals surface area contributed by atoms with Crippen LogP contribution in [-0.4, -0.2) is 109 Å².